The Bertz CT molecular complexity index is 517. The van der Waals surface area contributed by atoms with Crippen molar-refractivity contribution in [3.8, 4) is 0 Å². The summed E-state index contributed by atoms with van der Waals surface area (Å²) in [4.78, 5) is 14.5. The average Bonchev–Trinajstić information content (AvgIpc) is 3.06. The SMILES string of the molecule is O=C(c1cc(C2CC2)on1)N1CC[C@@H](C2CCOCC2)C1. The van der Waals surface area contributed by atoms with Crippen LogP contribution in [0.3, 0.4) is 0 Å². The lowest BCUT2D eigenvalue weighted by atomic mass is 9.85. The molecular weight excluding hydrogens is 268 g/mol. The van der Waals surface area contributed by atoms with Crippen LogP contribution in [0.5, 0.6) is 0 Å². The fourth-order valence-electron chi connectivity index (χ4n) is 3.66. The van der Waals surface area contributed by atoms with Crippen LogP contribution in [-0.4, -0.2) is 42.3 Å². The highest BCUT2D eigenvalue weighted by molar-refractivity contribution is 5.92. The summed E-state index contributed by atoms with van der Waals surface area (Å²) in [5.41, 5.74) is 0.490. The Kier molecular flexibility index (Phi) is 3.45. The van der Waals surface area contributed by atoms with Crippen LogP contribution in [0.2, 0.25) is 0 Å². The zero-order valence-corrected chi connectivity index (χ0v) is 12.3. The first-order valence-corrected chi connectivity index (χ1v) is 8.15. The minimum Gasteiger partial charge on any atom is -0.381 e. The van der Waals surface area contributed by atoms with E-state index in [0.717, 1.165) is 57.2 Å². The van der Waals surface area contributed by atoms with Gasteiger partial charge < -0.3 is 14.2 Å². The van der Waals surface area contributed by atoms with Crippen molar-refractivity contribution in [2.45, 2.75) is 38.0 Å². The maximum Gasteiger partial charge on any atom is 0.276 e. The summed E-state index contributed by atoms with van der Waals surface area (Å²) in [6.07, 6.45) is 5.73. The normalized spacial score (nSPS) is 27.2. The van der Waals surface area contributed by atoms with E-state index < -0.39 is 0 Å². The molecule has 0 N–H and O–H groups in total. The fraction of sp³-hybridized carbons (Fsp3) is 0.750. The molecule has 0 radical (unpaired) electrons. The smallest absolute Gasteiger partial charge is 0.276 e. The molecule has 1 aliphatic carbocycles. The summed E-state index contributed by atoms with van der Waals surface area (Å²) in [6, 6.07) is 1.85. The second kappa shape index (κ2) is 5.44. The number of carbonyl (C=O) groups is 1. The number of hydrogen-bond donors (Lipinski definition) is 0. The standard InChI is InChI=1S/C16H22N2O3/c19-16(14-9-15(21-17-14)12-1-2-12)18-6-3-13(10-18)11-4-7-20-8-5-11/h9,11-13H,1-8,10H2/t13-/m1/s1. The molecule has 1 aromatic heterocycles. The van der Waals surface area contributed by atoms with Gasteiger partial charge in [-0.05, 0) is 43.9 Å². The van der Waals surface area contributed by atoms with E-state index in [2.05, 4.69) is 5.16 Å². The number of likely N-dealkylation sites (tertiary alicyclic amines) is 1. The second-order valence-electron chi connectivity index (χ2n) is 6.64. The van der Waals surface area contributed by atoms with Gasteiger partial charge in [-0.25, -0.2) is 0 Å². The number of nitrogens with zero attached hydrogens (tertiary/aromatic N) is 2. The minimum absolute atomic E-state index is 0.0419. The first-order chi connectivity index (χ1) is 10.3. The van der Waals surface area contributed by atoms with Gasteiger partial charge in [0.05, 0.1) is 0 Å². The molecule has 5 nitrogen and oxygen atoms in total. The molecule has 3 heterocycles. The average molecular weight is 290 g/mol. The number of hydrogen-bond acceptors (Lipinski definition) is 4. The van der Waals surface area contributed by atoms with Crippen molar-refractivity contribution in [2.75, 3.05) is 26.3 Å². The highest BCUT2D eigenvalue weighted by atomic mass is 16.5. The van der Waals surface area contributed by atoms with Crippen molar-refractivity contribution in [3.63, 3.8) is 0 Å². The lowest BCUT2D eigenvalue weighted by molar-refractivity contribution is 0.0471. The highest BCUT2D eigenvalue weighted by Gasteiger charge is 2.35. The summed E-state index contributed by atoms with van der Waals surface area (Å²) in [5.74, 6) is 2.79. The molecule has 4 rings (SSSR count). The van der Waals surface area contributed by atoms with Gasteiger partial charge in [0.25, 0.3) is 5.91 Å². The van der Waals surface area contributed by atoms with E-state index in [0.29, 0.717) is 17.5 Å². The van der Waals surface area contributed by atoms with Crippen molar-refractivity contribution in [2.24, 2.45) is 11.8 Å². The van der Waals surface area contributed by atoms with Crippen LogP contribution in [-0.2, 0) is 4.74 Å². The van der Waals surface area contributed by atoms with Crippen molar-refractivity contribution in [1.29, 1.82) is 0 Å². The second-order valence-corrected chi connectivity index (χ2v) is 6.64. The quantitative estimate of drug-likeness (QED) is 0.858. The third-order valence-corrected chi connectivity index (χ3v) is 5.17. The number of amides is 1. The van der Waals surface area contributed by atoms with E-state index >= 15 is 0 Å². The molecule has 3 aliphatic rings. The molecule has 0 unspecified atom stereocenters. The molecule has 3 fully saturated rings. The Balaban J connectivity index is 1.38. The molecule has 0 spiro atoms. The van der Waals surface area contributed by atoms with Crippen LogP contribution < -0.4 is 0 Å². The van der Waals surface area contributed by atoms with Crippen molar-refractivity contribution < 1.29 is 14.1 Å². The molecule has 2 aliphatic heterocycles. The Morgan fingerprint density at radius 3 is 2.71 bits per heavy atom. The summed E-state index contributed by atoms with van der Waals surface area (Å²) >= 11 is 0. The topological polar surface area (TPSA) is 55.6 Å². The van der Waals surface area contributed by atoms with Gasteiger partial charge in [0, 0.05) is 38.3 Å². The van der Waals surface area contributed by atoms with E-state index in [4.69, 9.17) is 9.26 Å². The van der Waals surface area contributed by atoms with E-state index in [1.165, 1.54) is 12.8 Å². The molecule has 0 bridgehead atoms. The summed E-state index contributed by atoms with van der Waals surface area (Å²) < 4.78 is 10.7. The molecule has 1 amide bonds. The molecule has 1 atom stereocenters. The van der Waals surface area contributed by atoms with E-state index in [1.807, 2.05) is 11.0 Å². The molecule has 0 aromatic carbocycles. The number of carbonyl (C=O) groups excluding carboxylic acids is 1. The van der Waals surface area contributed by atoms with Crippen LogP contribution in [0.1, 0.15) is 54.3 Å². The van der Waals surface area contributed by atoms with Gasteiger partial charge in [0.2, 0.25) is 0 Å². The van der Waals surface area contributed by atoms with Gasteiger partial charge in [-0.2, -0.15) is 0 Å². The zero-order valence-electron chi connectivity index (χ0n) is 12.3. The number of aromatic nitrogens is 1. The molecule has 5 heteroatoms. The third kappa shape index (κ3) is 2.71. The monoisotopic (exact) mass is 290 g/mol. The van der Waals surface area contributed by atoms with Crippen LogP contribution in [0.25, 0.3) is 0 Å². The Labute approximate surface area is 124 Å². The Hall–Kier alpha value is -1.36. The molecule has 21 heavy (non-hydrogen) atoms. The molecule has 1 aromatic rings. The van der Waals surface area contributed by atoms with Crippen molar-refractivity contribution in [1.82, 2.24) is 10.1 Å². The predicted octanol–water partition coefficient (Wildman–Crippen LogP) is 2.44. The van der Waals surface area contributed by atoms with E-state index in [-0.39, 0.29) is 5.91 Å². The van der Waals surface area contributed by atoms with Crippen LogP contribution in [0.15, 0.2) is 10.6 Å². The summed E-state index contributed by atoms with van der Waals surface area (Å²) in [6.45, 7) is 3.48. The number of ether oxygens (including phenoxy) is 1. The zero-order chi connectivity index (χ0) is 14.2. The first-order valence-electron chi connectivity index (χ1n) is 8.15. The van der Waals surface area contributed by atoms with E-state index in [9.17, 15) is 4.79 Å². The molecule has 2 saturated heterocycles. The summed E-state index contributed by atoms with van der Waals surface area (Å²) in [7, 11) is 0. The number of rotatable bonds is 3. The fourth-order valence-corrected chi connectivity index (χ4v) is 3.66. The first kappa shape index (κ1) is 13.3. The molecular formula is C16H22N2O3. The summed E-state index contributed by atoms with van der Waals surface area (Å²) in [5, 5.41) is 3.97. The molecule has 114 valence electrons. The maximum absolute atomic E-state index is 12.5. The van der Waals surface area contributed by atoms with Gasteiger partial charge in [0.15, 0.2) is 5.69 Å². The minimum atomic E-state index is 0.0419. The van der Waals surface area contributed by atoms with Gasteiger partial charge in [-0.3, -0.25) is 4.79 Å². The maximum atomic E-state index is 12.5. The van der Waals surface area contributed by atoms with Crippen molar-refractivity contribution in [3.05, 3.63) is 17.5 Å². The Morgan fingerprint density at radius 1 is 1.14 bits per heavy atom. The highest BCUT2D eigenvalue weighted by Crippen LogP contribution is 2.40. The molecule has 1 saturated carbocycles. The van der Waals surface area contributed by atoms with Crippen LogP contribution in [0.4, 0.5) is 0 Å². The Morgan fingerprint density at radius 2 is 1.95 bits per heavy atom. The predicted molar refractivity (Wildman–Crippen MR) is 76.0 cm³/mol. The van der Waals surface area contributed by atoms with Gasteiger partial charge in [-0.1, -0.05) is 5.16 Å². The van der Waals surface area contributed by atoms with Crippen LogP contribution in [0, 0.1) is 11.8 Å². The lowest BCUT2D eigenvalue weighted by Gasteiger charge is -2.27. The van der Waals surface area contributed by atoms with Gasteiger partial charge >= 0.3 is 0 Å². The van der Waals surface area contributed by atoms with E-state index in [1.54, 1.807) is 0 Å². The van der Waals surface area contributed by atoms with Gasteiger partial charge in [-0.15, -0.1) is 0 Å². The van der Waals surface area contributed by atoms with Crippen molar-refractivity contribution >= 4 is 5.91 Å². The van der Waals surface area contributed by atoms with Gasteiger partial charge in [0.1, 0.15) is 5.76 Å². The van der Waals surface area contributed by atoms with Crippen LogP contribution >= 0.6 is 0 Å². The largest absolute Gasteiger partial charge is 0.381 e. The lowest BCUT2D eigenvalue weighted by Crippen LogP contribution is -2.31. The third-order valence-electron chi connectivity index (χ3n) is 5.17.